The van der Waals surface area contributed by atoms with Gasteiger partial charge in [-0.1, -0.05) is 5.16 Å². The molecular weight excluding hydrogens is 294 g/mol. The Balaban J connectivity index is 1.50. The van der Waals surface area contributed by atoms with Crippen molar-refractivity contribution in [2.45, 2.75) is 45.3 Å². The van der Waals surface area contributed by atoms with Gasteiger partial charge >= 0.3 is 0 Å². The first-order chi connectivity index (χ1) is 10.8. The minimum Gasteiger partial charge on any atom is -0.360 e. The molecule has 3 heterocycles. The van der Waals surface area contributed by atoms with Crippen LogP contribution in [-0.4, -0.2) is 29.2 Å². The summed E-state index contributed by atoms with van der Waals surface area (Å²) in [4.78, 5) is 2.60. The first kappa shape index (κ1) is 14.4. The third-order valence-corrected chi connectivity index (χ3v) is 5.92. The average Bonchev–Trinajstić information content (AvgIpc) is 2.90. The van der Waals surface area contributed by atoms with Gasteiger partial charge in [0.25, 0.3) is 0 Å². The zero-order valence-electron chi connectivity index (χ0n) is 13.0. The standard InChI is InChI=1S/C17H23N3OS/c1-13-8-15(21-19-13)11-20(10-14-2-7-22-12-14)16-9-17(16)3-5-18-6-4-17/h2,7-8,12,16,18H,3-6,9-11H2,1H3. The van der Waals surface area contributed by atoms with Crippen molar-refractivity contribution in [1.82, 2.24) is 15.4 Å². The second kappa shape index (κ2) is 5.80. The molecule has 0 radical (unpaired) electrons. The molecule has 5 heteroatoms. The summed E-state index contributed by atoms with van der Waals surface area (Å²) in [6.07, 6.45) is 3.96. The molecule has 2 aliphatic rings. The van der Waals surface area contributed by atoms with E-state index in [1.807, 2.05) is 6.92 Å². The van der Waals surface area contributed by atoms with Crippen molar-refractivity contribution >= 4 is 11.3 Å². The molecular formula is C17H23N3OS. The molecule has 1 saturated carbocycles. The van der Waals surface area contributed by atoms with Gasteiger partial charge in [-0.25, -0.2) is 0 Å². The molecule has 1 spiro atoms. The van der Waals surface area contributed by atoms with Crippen LogP contribution in [0.2, 0.25) is 0 Å². The van der Waals surface area contributed by atoms with Crippen molar-refractivity contribution in [2.75, 3.05) is 13.1 Å². The lowest BCUT2D eigenvalue weighted by Gasteiger charge is -2.28. The highest BCUT2D eigenvalue weighted by molar-refractivity contribution is 7.07. The predicted molar refractivity (Wildman–Crippen MR) is 87.7 cm³/mol. The number of nitrogens with zero attached hydrogens (tertiary/aromatic N) is 2. The Labute approximate surface area is 135 Å². The summed E-state index contributed by atoms with van der Waals surface area (Å²) >= 11 is 1.78. The molecule has 2 aromatic rings. The molecule has 118 valence electrons. The lowest BCUT2D eigenvalue weighted by molar-refractivity contribution is 0.170. The van der Waals surface area contributed by atoms with Gasteiger partial charge in [0.2, 0.25) is 0 Å². The second-order valence-corrected chi connectivity index (χ2v) is 7.58. The van der Waals surface area contributed by atoms with Crippen LogP contribution in [0.5, 0.6) is 0 Å². The normalized spacial score (nSPS) is 23.3. The first-order valence-electron chi connectivity index (χ1n) is 8.13. The molecule has 1 atom stereocenters. The minimum atomic E-state index is 0.552. The lowest BCUT2D eigenvalue weighted by atomic mass is 9.93. The van der Waals surface area contributed by atoms with Gasteiger partial charge in [-0.05, 0) is 67.1 Å². The van der Waals surface area contributed by atoms with Gasteiger partial charge in [0.1, 0.15) is 0 Å². The van der Waals surface area contributed by atoms with Crippen LogP contribution in [0.1, 0.15) is 36.3 Å². The van der Waals surface area contributed by atoms with E-state index in [4.69, 9.17) is 4.52 Å². The number of aromatic nitrogens is 1. The van der Waals surface area contributed by atoms with Crippen LogP contribution in [0.4, 0.5) is 0 Å². The molecule has 22 heavy (non-hydrogen) atoms. The number of thiophene rings is 1. The molecule has 2 aromatic heterocycles. The number of nitrogens with one attached hydrogen (secondary N) is 1. The Kier molecular flexibility index (Phi) is 3.80. The van der Waals surface area contributed by atoms with Crippen molar-refractivity contribution < 1.29 is 4.52 Å². The molecule has 4 rings (SSSR count). The van der Waals surface area contributed by atoms with Crippen LogP contribution in [0.15, 0.2) is 27.4 Å². The fourth-order valence-corrected chi connectivity index (χ4v) is 4.55. The third-order valence-electron chi connectivity index (χ3n) is 5.19. The summed E-state index contributed by atoms with van der Waals surface area (Å²) in [7, 11) is 0. The first-order valence-corrected chi connectivity index (χ1v) is 9.08. The smallest absolute Gasteiger partial charge is 0.150 e. The Morgan fingerprint density at radius 2 is 2.27 bits per heavy atom. The van der Waals surface area contributed by atoms with Crippen LogP contribution in [0.25, 0.3) is 0 Å². The molecule has 1 N–H and O–H groups in total. The van der Waals surface area contributed by atoms with E-state index in [0.29, 0.717) is 11.5 Å². The van der Waals surface area contributed by atoms with E-state index in [2.05, 4.69) is 38.3 Å². The molecule has 0 amide bonds. The topological polar surface area (TPSA) is 41.3 Å². The van der Waals surface area contributed by atoms with E-state index in [-0.39, 0.29) is 0 Å². The molecule has 0 aromatic carbocycles. The monoisotopic (exact) mass is 317 g/mol. The minimum absolute atomic E-state index is 0.552. The van der Waals surface area contributed by atoms with Gasteiger partial charge in [-0.15, -0.1) is 0 Å². The summed E-state index contributed by atoms with van der Waals surface area (Å²) < 4.78 is 5.47. The maximum absolute atomic E-state index is 5.47. The highest BCUT2D eigenvalue weighted by atomic mass is 32.1. The highest BCUT2D eigenvalue weighted by Gasteiger charge is 2.56. The van der Waals surface area contributed by atoms with Crippen LogP contribution < -0.4 is 5.32 Å². The molecule has 0 bridgehead atoms. The Morgan fingerprint density at radius 1 is 1.41 bits per heavy atom. The van der Waals surface area contributed by atoms with E-state index in [1.165, 1.54) is 37.9 Å². The van der Waals surface area contributed by atoms with Crippen molar-refractivity contribution in [3.05, 3.63) is 39.9 Å². The molecule has 1 aliphatic heterocycles. The van der Waals surface area contributed by atoms with E-state index in [1.54, 1.807) is 11.3 Å². The summed E-state index contributed by atoms with van der Waals surface area (Å²) in [5.41, 5.74) is 2.94. The summed E-state index contributed by atoms with van der Waals surface area (Å²) in [6.45, 7) is 6.22. The zero-order valence-corrected chi connectivity index (χ0v) is 13.9. The molecule has 1 saturated heterocycles. The molecule has 4 nitrogen and oxygen atoms in total. The van der Waals surface area contributed by atoms with Gasteiger partial charge in [-0.3, -0.25) is 4.90 Å². The quantitative estimate of drug-likeness (QED) is 0.919. The number of aryl methyl sites for hydroxylation is 1. The van der Waals surface area contributed by atoms with Crippen LogP contribution >= 0.6 is 11.3 Å². The fraction of sp³-hybridized carbons (Fsp3) is 0.588. The van der Waals surface area contributed by atoms with Crippen LogP contribution in [0.3, 0.4) is 0 Å². The predicted octanol–water partition coefficient (Wildman–Crippen LogP) is 3.19. The van der Waals surface area contributed by atoms with Crippen LogP contribution in [-0.2, 0) is 13.1 Å². The van der Waals surface area contributed by atoms with Crippen LogP contribution in [0, 0.1) is 12.3 Å². The SMILES string of the molecule is Cc1cc(CN(Cc2ccsc2)C2CC23CCNCC3)on1. The van der Waals surface area contributed by atoms with Gasteiger partial charge in [0.15, 0.2) is 5.76 Å². The number of piperidine rings is 1. The van der Waals surface area contributed by atoms with Gasteiger partial charge < -0.3 is 9.84 Å². The number of hydrogen-bond acceptors (Lipinski definition) is 5. The maximum atomic E-state index is 5.47. The molecule has 1 aliphatic carbocycles. The van der Waals surface area contributed by atoms with Gasteiger partial charge in [0.05, 0.1) is 12.2 Å². The van der Waals surface area contributed by atoms with Crippen molar-refractivity contribution in [3.8, 4) is 0 Å². The Bertz CT molecular complexity index is 616. The second-order valence-electron chi connectivity index (χ2n) is 6.80. The molecule has 2 fully saturated rings. The third kappa shape index (κ3) is 2.85. The summed E-state index contributed by atoms with van der Waals surface area (Å²) in [5, 5.41) is 12.0. The van der Waals surface area contributed by atoms with Gasteiger partial charge in [0, 0.05) is 18.7 Å². The Morgan fingerprint density at radius 3 is 2.95 bits per heavy atom. The number of hydrogen-bond donors (Lipinski definition) is 1. The average molecular weight is 317 g/mol. The van der Waals surface area contributed by atoms with E-state index >= 15 is 0 Å². The number of rotatable bonds is 5. The largest absolute Gasteiger partial charge is 0.360 e. The van der Waals surface area contributed by atoms with Crippen molar-refractivity contribution in [2.24, 2.45) is 5.41 Å². The van der Waals surface area contributed by atoms with Crippen molar-refractivity contribution in [1.29, 1.82) is 0 Å². The lowest BCUT2D eigenvalue weighted by Crippen LogP contribution is -2.35. The summed E-state index contributed by atoms with van der Waals surface area (Å²) in [5.74, 6) is 0.990. The fourth-order valence-electron chi connectivity index (χ4n) is 3.89. The highest BCUT2D eigenvalue weighted by Crippen LogP contribution is 2.56. The molecule has 1 unspecified atom stereocenters. The van der Waals surface area contributed by atoms with E-state index in [0.717, 1.165) is 24.5 Å². The summed E-state index contributed by atoms with van der Waals surface area (Å²) in [6, 6.07) is 5.00. The van der Waals surface area contributed by atoms with Crippen molar-refractivity contribution in [3.63, 3.8) is 0 Å². The zero-order chi connectivity index (χ0) is 15.0. The Hall–Kier alpha value is -1.17. The maximum Gasteiger partial charge on any atom is 0.150 e. The van der Waals surface area contributed by atoms with E-state index in [9.17, 15) is 0 Å². The van der Waals surface area contributed by atoms with Gasteiger partial charge in [-0.2, -0.15) is 11.3 Å². The van der Waals surface area contributed by atoms with E-state index < -0.39 is 0 Å².